The molecule has 0 spiro atoms. The van der Waals surface area contributed by atoms with E-state index in [-0.39, 0.29) is 4.88 Å². The van der Waals surface area contributed by atoms with Gasteiger partial charge in [0.15, 0.2) is 5.01 Å². The van der Waals surface area contributed by atoms with Crippen molar-refractivity contribution in [3.05, 3.63) is 16.1 Å². The molecule has 8 heteroatoms. The number of nitrogens with zero attached hydrogens (tertiary/aromatic N) is 2. The third-order valence-electron chi connectivity index (χ3n) is 3.13. The van der Waals surface area contributed by atoms with Crippen molar-refractivity contribution >= 4 is 11.3 Å². The van der Waals surface area contributed by atoms with Gasteiger partial charge in [-0.25, -0.2) is 4.98 Å². The van der Waals surface area contributed by atoms with Gasteiger partial charge < -0.3 is 9.84 Å². The van der Waals surface area contributed by atoms with Crippen molar-refractivity contribution in [3.8, 4) is 0 Å². The van der Waals surface area contributed by atoms with Crippen molar-refractivity contribution in [1.82, 2.24) is 9.88 Å². The Kier molecular flexibility index (Phi) is 5.00. The summed E-state index contributed by atoms with van der Waals surface area (Å²) >= 11 is 0.472. The van der Waals surface area contributed by atoms with Gasteiger partial charge in [-0.3, -0.25) is 4.90 Å². The van der Waals surface area contributed by atoms with Gasteiger partial charge in [-0.2, -0.15) is 13.2 Å². The number of rotatable bonds is 4. The predicted octanol–water partition coefficient (Wildman–Crippen LogP) is 2.31. The fourth-order valence-electron chi connectivity index (χ4n) is 2.18. The lowest BCUT2D eigenvalue weighted by atomic mass is 10.1. The third-order valence-corrected chi connectivity index (χ3v) is 4.24. The minimum atomic E-state index is -4.47. The Morgan fingerprint density at radius 1 is 1.60 bits per heavy atom. The SMILES string of the molecule is CCCN1CCOC(C(O)c2cnc(C(F)(F)F)s2)C1. The average Bonchev–Trinajstić information content (AvgIpc) is 2.88. The van der Waals surface area contributed by atoms with Gasteiger partial charge in [-0.1, -0.05) is 6.92 Å². The fraction of sp³-hybridized carbons (Fsp3) is 0.750. The van der Waals surface area contributed by atoms with E-state index < -0.39 is 23.4 Å². The average molecular weight is 310 g/mol. The molecule has 0 aromatic carbocycles. The van der Waals surface area contributed by atoms with Gasteiger partial charge in [0, 0.05) is 19.3 Å². The van der Waals surface area contributed by atoms with Crippen molar-refractivity contribution < 1.29 is 23.0 Å². The van der Waals surface area contributed by atoms with Gasteiger partial charge in [-0.05, 0) is 13.0 Å². The second-order valence-corrected chi connectivity index (χ2v) is 5.78. The summed E-state index contributed by atoms with van der Waals surface area (Å²) in [7, 11) is 0. The second-order valence-electron chi connectivity index (χ2n) is 4.72. The van der Waals surface area contributed by atoms with E-state index in [1.807, 2.05) is 0 Å². The molecule has 0 saturated carbocycles. The van der Waals surface area contributed by atoms with Crippen LogP contribution in [-0.2, 0) is 10.9 Å². The van der Waals surface area contributed by atoms with E-state index in [4.69, 9.17) is 4.74 Å². The summed E-state index contributed by atoms with van der Waals surface area (Å²) < 4.78 is 43.0. The van der Waals surface area contributed by atoms with E-state index in [1.165, 1.54) is 0 Å². The highest BCUT2D eigenvalue weighted by Gasteiger charge is 2.36. The minimum absolute atomic E-state index is 0.195. The van der Waals surface area contributed by atoms with Crippen molar-refractivity contribution in [2.45, 2.75) is 31.7 Å². The first-order chi connectivity index (χ1) is 9.41. The summed E-state index contributed by atoms with van der Waals surface area (Å²) in [5.41, 5.74) is 0. The molecule has 1 aliphatic heterocycles. The van der Waals surface area contributed by atoms with E-state index in [0.29, 0.717) is 24.5 Å². The fourth-order valence-corrected chi connectivity index (χ4v) is 3.00. The third kappa shape index (κ3) is 3.69. The molecule has 2 rings (SSSR count). The van der Waals surface area contributed by atoms with E-state index >= 15 is 0 Å². The predicted molar refractivity (Wildman–Crippen MR) is 68.5 cm³/mol. The highest BCUT2D eigenvalue weighted by molar-refractivity contribution is 7.11. The summed E-state index contributed by atoms with van der Waals surface area (Å²) in [4.78, 5) is 5.66. The number of alkyl halides is 3. The Morgan fingerprint density at radius 3 is 2.95 bits per heavy atom. The molecule has 0 aliphatic carbocycles. The van der Waals surface area contributed by atoms with Crippen LogP contribution in [0.4, 0.5) is 13.2 Å². The van der Waals surface area contributed by atoms with Crippen LogP contribution in [0, 0.1) is 0 Å². The molecule has 0 bridgehead atoms. The van der Waals surface area contributed by atoms with E-state index in [2.05, 4.69) is 16.8 Å². The second kappa shape index (κ2) is 6.38. The Labute approximate surface area is 119 Å². The van der Waals surface area contributed by atoms with Gasteiger partial charge in [0.25, 0.3) is 0 Å². The molecule has 2 unspecified atom stereocenters. The number of aliphatic hydroxyl groups is 1. The van der Waals surface area contributed by atoms with Crippen LogP contribution in [0.1, 0.15) is 29.3 Å². The van der Waals surface area contributed by atoms with Crippen molar-refractivity contribution in [2.75, 3.05) is 26.2 Å². The summed E-state index contributed by atoms with van der Waals surface area (Å²) in [5.74, 6) is 0. The molecule has 1 aromatic rings. The number of thiazole rings is 1. The topological polar surface area (TPSA) is 45.6 Å². The normalized spacial score (nSPS) is 22.9. The maximum Gasteiger partial charge on any atom is 0.443 e. The summed E-state index contributed by atoms with van der Waals surface area (Å²) in [6.07, 6.45) is -3.97. The Morgan fingerprint density at radius 2 is 2.35 bits per heavy atom. The van der Waals surface area contributed by atoms with Gasteiger partial charge in [0.2, 0.25) is 0 Å². The first-order valence-corrected chi connectivity index (χ1v) is 7.28. The molecule has 1 aromatic heterocycles. The zero-order valence-electron chi connectivity index (χ0n) is 11.1. The van der Waals surface area contributed by atoms with Gasteiger partial charge >= 0.3 is 6.18 Å². The number of morpholine rings is 1. The van der Waals surface area contributed by atoms with Crippen LogP contribution >= 0.6 is 11.3 Å². The molecule has 4 nitrogen and oxygen atoms in total. The van der Waals surface area contributed by atoms with Crippen molar-refractivity contribution in [2.24, 2.45) is 0 Å². The van der Waals surface area contributed by atoms with E-state index in [1.54, 1.807) is 0 Å². The van der Waals surface area contributed by atoms with Crippen LogP contribution in [-0.4, -0.2) is 47.3 Å². The molecule has 1 aliphatic rings. The minimum Gasteiger partial charge on any atom is -0.385 e. The molecule has 1 saturated heterocycles. The first kappa shape index (κ1) is 15.7. The highest BCUT2D eigenvalue weighted by Crippen LogP contribution is 2.35. The lowest BCUT2D eigenvalue weighted by Crippen LogP contribution is -2.45. The largest absolute Gasteiger partial charge is 0.443 e. The quantitative estimate of drug-likeness (QED) is 0.927. The molecule has 1 N–H and O–H groups in total. The molecular formula is C12H17F3N2O2S. The molecule has 2 heterocycles. The van der Waals surface area contributed by atoms with Crippen LogP contribution in [0.5, 0.6) is 0 Å². The van der Waals surface area contributed by atoms with Crippen LogP contribution in [0.3, 0.4) is 0 Å². The number of aromatic nitrogens is 1. The lowest BCUT2D eigenvalue weighted by molar-refractivity contribution is -0.137. The summed E-state index contributed by atoms with van der Waals surface area (Å²) in [6, 6.07) is 0. The molecule has 20 heavy (non-hydrogen) atoms. The monoisotopic (exact) mass is 310 g/mol. The number of ether oxygens (including phenoxy) is 1. The summed E-state index contributed by atoms with van der Waals surface area (Å²) in [5, 5.41) is 9.22. The smallest absolute Gasteiger partial charge is 0.385 e. The van der Waals surface area contributed by atoms with Gasteiger partial charge in [-0.15, -0.1) is 11.3 Å². The molecule has 114 valence electrons. The maximum absolute atomic E-state index is 12.5. The molecule has 0 amide bonds. The summed E-state index contributed by atoms with van der Waals surface area (Å²) in [6.45, 7) is 4.73. The maximum atomic E-state index is 12.5. The number of halogens is 3. The van der Waals surface area contributed by atoms with Crippen molar-refractivity contribution in [3.63, 3.8) is 0 Å². The van der Waals surface area contributed by atoms with Gasteiger partial charge in [0.05, 0.1) is 11.5 Å². The zero-order valence-corrected chi connectivity index (χ0v) is 11.9. The number of aliphatic hydroxyl groups excluding tert-OH is 1. The van der Waals surface area contributed by atoms with Crippen LogP contribution < -0.4 is 0 Å². The van der Waals surface area contributed by atoms with Crippen LogP contribution in [0.25, 0.3) is 0 Å². The standard InChI is InChI=1S/C12H17F3N2O2S/c1-2-3-17-4-5-19-8(7-17)10(18)9-6-16-11(20-9)12(13,14)15/h6,8,10,18H,2-5,7H2,1H3. The lowest BCUT2D eigenvalue weighted by Gasteiger charge is -2.34. The molecule has 0 radical (unpaired) electrons. The van der Waals surface area contributed by atoms with Crippen molar-refractivity contribution in [1.29, 1.82) is 0 Å². The molecular weight excluding hydrogens is 293 g/mol. The zero-order chi connectivity index (χ0) is 14.8. The Balaban J connectivity index is 2.03. The molecule has 1 fully saturated rings. The number of hydrogen-bond donors (Lipinski definition) is 1. The highest BCUT2D eigenvalue weighted by atomic mass is 32.1. The van der Waals surface area contributed by atoms with Crippen LogP contribution in [0.15, 0.2) is 6.20 Å². The Hall–Kier alpha value is -0.700. The molecule has 2 atom stereocenters. The van der Waals surface area contributed by atoms with Gasteiger partial charge in [0.1, 0.15) is 12.2 Å². The number of hydrogen-bond acceptors (Lipinski definition) is 5. The van der Waals surface area contributed by atoms with E-state index in [0.717, 1.165) is 25.7 Å². The first-order valence-electron chi connectivity index (χ1n) is 6.46. The van der Waals surface area contributed by atoms with E-state index in [9.17, 15) is 18.3 Å². The van der Waals surface area contributed by atoms with Crippen LogP contribution in [0.2, 0.25) is 0 Å². The Bertz CT molecular complexity index is 437.